The van der Waals surface area contributed by atoms with E-state index in [1.54, 1.807) is 36.5 Å². The lowest BCUT2D eigenvalue weighted by Crippen LogP contribution is -2.29. The Labute approximate surface area is 176 Å². The molecule has 0 bridgehead atoms. The van der Waals surface area contributed by atoms with Gasteiger partial charge in [-0.05, 0) is 42.0 Å². The van der Waals surface area contributed by atoms with Crippen molar-refractivity contribution in [1.29, 1.82) is 0 Å². The first-order valence-electron chi connectivity index (χ1n) is 8.99. The average Bonchev–Trinajstić information content (AvgIpc) is 2.76. The molecule has 0 aliphatic rings. The van der Waals surface area contributed by atoms with Crippen molar-refractivity contribution in [2.45, 2.75) is 23.6 Å². The normalized spacial score (nSPS) is 11.7. The Morgan fingerprint density at radius 3 is 2.29 bits per heavy atom. The average molecular weight is 450 g/mol. The molecule has 0 saturated carbocycles. The van der Waals surface area contributed by atoms with Crippen LogP contribution in [0, 0.1) is 0 Å². The number of carbonyl (C=O) groups excluding carboxylic acids is 1. The molecule has 1 aromatic heterocycles. The summed E-state index contributed by atoms with van der Waals surface area (Å²) >= 11 is 0. The summed E-state index contributed by atoms with van der Waals surface area (Å²) in [4.78, 5) is 15.4. The van der Waals surface area contributed by atoms with Gasteiger partial charge in [0.05, 0.1) is 16.2 Å². The van der Waals surface area contributed by atoms with Crippen molar-refractivity contribution in [3.05, 3.63) is 89.7 Å². The molecule has 0 saturated heterocycles. The number of aromatic nitrogens is 1. The molecule has 31 heavy (non-hydrogen) atoms. The largest absolute Gasteiger partial charge is 0.501 e. The van der Waals surface area contributed by atoms with E-state index in [1.807, 2.05) is 12.1 Å². The zero-order chi connectivity index (χ0) is 22.5. The highest BCUT2D eigenvalue weighted by Crippen LogP contribution is 2.32. The van der Waals surface area contributed by atoms with Gasteiger partial charge in [-0.15, -0.1) is 0 Å². The summed E-state index contributed by atoms with van der Waals surface area (Å²) in [5.41, 5.74) is -4.68. The molecule has 0 aliphatic carbocycles. The fraction of sp³-hybridized carbons (Fsp3) is 0.143. The van der Waals surface area contributed by atoms with Crippen LogP contribution >= 0.6 is 0 Å². The minimum Gasteiger partial charge on any atom is -0.487 e. The second-order valence-electron chi connectivity index (χ2n) is 6.38. The monoisotopic (exact) mass is 450 g/mol. The molecule has 2 aromatic carbocycles. The number of ether oxygens (including phenoxy) is 1. The molecule has 0 spiro atoms. The third-order valence-corrected chi connectivity index (χ3v) is 5.76. The number of hydrogen-bond acceptors (Lipinski definition) is 5. The van der Waals surface area contributed by atoms with E-state index in [2.05, 4.69) is 10.3 Å². The number of alkyl halides is 3. The predicted octanol–water partition coefficient (Wildman–Crippen LogP) is 3.88. The van der Waals surface area contributed by atoms with Crippen molar-refractivity contribution in [1.82, 2.24) is 10.3 Å². The van der Waals surface area contributed by atoms with Crippen LogP contribution in [0.2, 0.25) is 0 Å². The molecule has 0 aliphatic heterocycles. The third-order valence-electron chi connectivity index (χ3n) is 4.22. The number of nitrogens with zero attached hydrogens (tertiary/aromatic N) is 1. The second kappa shape index (κ2) is 9.17. The summed E-state index contributed by atoms with van der Waals surface area (Å²) in [5, 5.41) is 2.43. The van der Waals surface area contributed by atoms with Gasteiger partial charge >= 0.3 is 5.51 Å². The molecule has 0 atom stereocenters. The summed E-state index contributed by atoms with van der Waals surface area (Å²) in [7, 11) is -5.65. The maximum Gasteiger partial charge on any atom is 0.501 e. The number of amides is 1. The number of hydrogen-bond donors (Lipinski definition) is 1. The number of sulfone groups is 1. The number of benzene rings is 2. The van der Waals surface area contributed by atoms with E-state index in [4.69, 9.17) is 4.74 Å². The Bertz CT molecular complexity index is 1150. The summed E-state index contributed by atoms with van der Waals surface area (Å²) in [6, 6.07) is 16.3. The van der Waals surface area contributed by atoms with Crippen LogP contribution in [0.1, 0.15) is 21.6 Å². The highest BCUT2D eigenvalue weighted by atomic mass is 32.2. The molecule has 1 N–H and O–H groups in total. The Kier molecular flexibility index (Phi) is 6.59. The van der Waals surface area contributed by atoms with E-state index < -0.39 is 31.7 Å². The topological polar surface area (TPSA) is 85.4 Å². The first-order valence-corrected chi connectivity index (χ1v) is 10.5. The van der Waals surface area contributed by atoms with Gasteiger partial charge in [0.15, 0.2) is 0 Å². The number of pyridine rings is 1. The van der Waals surface area contributed by atoms with Crippen molar-refractivity contribution in [2.24, 2.45) is 0 Å². The Morgan fingerprint density at radius 1 is 0.968 bits per heavy atom. The van der Waals surface area contributed by atoms with Crippen molar-refractivity contribution in [3.63, 3.8) is 0 Å². The zero-order valence-electron chi connectivity index (χ0n) is 16.0. The van der Waals surface area contributed by atoms with E-state index in [1.165, 1.54) is 6.07 Å². The molecule has 3 rings (SSSR count). The molecular formula is C21H17F3N2O4S. The standard InChI is InChI=1S/C21H17F3N2O4S/c22-21(23,24)31(28,29)19-7-2-1-6-18(19)20(27)26-13-15-8-10-17(11-9-15)30-14-16-5-3-4-12-25-16/h1-12H,13-14H2,(H,26,27). The number of halogens is 3. The lowest BCUT2D eigenvalue weighted by atomic mass is 10.2. The molecule has 1 amide bonds. The molecule has 0 fully saturated rings. The van der Waals surface area contributed by atoms with Crippen LogP contribution in [0.3, 0.4) is 0 Å². The summed E-state index contributed by atoms with van der Waals surface area (Å²) < 4.78 is 67.7. The van der Waals surface area contributed by atoms with E-state index in [-0.39, 0.29) is 13.2 Å². The van der Waals surface area contributed by atoms with Crippen LogP contribution in [0.25, 0.3) is 0 Å². The van der Waals surface area contributed by atoms with Gasteiger partial charge in [0, 0.05) is 12.7 Å². The quantitative estimate of drug-likeness (QED) is 0.591. The molecule has 0 radical (unpaired) electrons. The SMILES string of the molecule is O=C(NCc1ccc(OCc2ccccn2)cc1)c1ccccc1S(=O)(=O)C(F)(F)F. The smallest absolute Gasteiger partial charge is 0.487 e. The highest BCUT2D eigenvalue weighted by Gasteiger charge is 2.48. The van der Waals surface area contributed by atoms with Gasteiger partial charge in [-0.25, -0.2) is 8.42 Å². The Balaban J connectivity index is 1.64. The van der Waals surface area contributed by atoms with Crippen LogP contribution in [-0.4, -0.2) is 24.8 Å². The fourth-order valence-corrected chi connectivity index (χ4v) is 3.59. The molecular weight excluding hydrogens is 433 g/mol. The summed E-state index contributed by atoms with van der Waals surface area (Å²) in [6.45, 7) is 0.265. The number of nitrogens with one attached hydrogen (secondary N) is 1. The van der Waals surface area contributed by atoms with Crippen molar-refractivity contribution in [2.75, 3.05) is 0 Å². The van der Waals surface area contributed by atoms with Gasteiger partial charge in [-0.3, -0.25) is 9.78 Å². The zero-order valence-corrected chi connectivity index (χ0v) is 16.8. The Hall–Kier alpha value is -3.40. The number of carbonyl (C=O) groups is 1. The molecule has 1 heterocycles. The lowest BCUT2D eigenvalue weighted by Gasteiger charge is -2.13. The van der Waals surface area contributed by atoms with Gasteiger partial charge in [0.25, 0.3) is 15.7 Å². The minimum atomic E-state index is -5.65. The van der Waals surface area contributed by atoms with Gasteiger partial charge in [-0.2, -0.15) is 13.2 Å². The van der Waals surface area contributed by atoms with Gasteiger partial charge < -0.3 is 10.1 Å². The highest BCUT2D eigenvalue weighted by molar-refractivity contribution is 7.92. The lowest BCUT2D eigenvalue weighted by molar-refractivity contribution is -0.0436. The van der Waals surface area contributed by atoms with Crippen molar-refractivity contribution < 1.29 is 31.1 Å². The van der Waals surface area contributed by atoms with Crippen LogP contribution < -0.4 is 10.1 Å². The predicted molar refractivity (Wildman–Crippen MR) is 106 cm³/mol. The van der Waals surface area contributed by atoms with Gasteiger partial charge in [-0.1, -0.05) is 30.3 Å². The first kappa shape index (κ1) is 22.3. The summed E-state index contributed by atoms with van der Waals surface area (Å²) in [6.07, 6.45) is 1.66. The van der Waals surface area contributed by atoms with E-state index in [9.17, 15) is 26.4 Å². The maximum atomic E-state index is 12.9. The van der Waals surface area contributed by atoms with Gasteiger partial charge in [0.2, 0.25) is 0 Å². The van der Waals surface area contributed by atoms with E-state index in [0.29, 0.717) is 11.3 Å². The maximum absolute atomic E-state index is 12.9. The molecule has 10 heteroatoms. The van der Waals surface area contributed by atoms with Crippen molar-refractivity contribution in [3.8, 4) is 5.75 Å². The van der Waals surface area contributed by atoms with E-state index in [0.717, 1.165) is 23.9 Å². The fourth-order valence-electron chi connectivity index (χ4n) is 2.64. The minimum absolute atomic E-state index is 0.0141. The Morgan fingerprint density at radius 2 is 1.65 bits per heavy atom. The second-order valence-corrected chi connectivity index (χ2v) is 8.29. The third kappa shape index (κ3) is 5.40. The molecule has 0 unspecified atom stereocenters. The van der Waals surface area contributed by atoms with Crippen LogP contribution in [0.15, 0.2) is 77.8 Å². The first-order chi connectivity index (χ1) is 14.7. The van der Waals surface area contributed by atoms with Crippen LogP contribution in [0.5, 0.6) is 5.75 Å². The molecule has 162 valence electrons. The van der Waals surface area contributed by atoms with Crippen LogP contribution in [0.4, 0.5) is 13.2 Å². The molecule has 3 aromatic rings. The van der Waals surface area contributed by atoms with E-state index >= 15 is 0 Å². The van der Waals surface area contributed by atoms with Crippen molar-refractivity contribution >= 4 is 15.7 Å². The van der Waals surface area contributed by atoms with Gasteiger partial charge in [0.1, 0.15) is 12.4 Å². The molecule has 6 nitrogen and oxygen atoms in total. The van der Waals surface area contributed by atoms with Crippen LogP contribution in [-0.2, 0) is 23.0 Å². The summed E-state index contributed by atoms with van der Waals surface area (Å²) in [5.74, 6) is -0.360. The number of rotatable bonds is 7.